The zero-order chi connectivity index (χ0) is 17.6. The number of thiazole rings is 1. The summed E-state index contributed by atoms with van der Waals surface area (Å²) >= 11 is 1.45. The van der Waals surface area contributed by atoms with Crippen molar-refractivity contribution in [1.82, 2.24) is 4.98 Å². The van der Waals surface area contributed by atoms with Gasteiger partial charge >= 0.3 is 5.97 Å². The number of amides is 1. The Bertz CT molecular complexity index is 874. The van der Waals surface area contributed by atoms with Gasteiger partial charge < -0.3 is 14.8 Å². The molecule has 0 fully saturated rings. The zero-order valence-corrected chi connectivity index (χ0v) is 14.3. The van der Waals surface area contributed by atoms with Crippen molar-refractivity contribution in [3.8, 4) is 10.9 Å². The number of methoxy groups -OCH3 is 1. The fourth-order valence-electron chi connectivity index (χ4n) is 2.17. The number of nitrogens with zero attached hydrogens (tertiary/aromatic N) is 1. The molecular weight excluding hydrogens is 340 g/mol. The topological polar surface area (TPSA) is 77.5 Å². The van der Waals surface area contributed by atoms with Crippen LogP contribution >= 0.6 is 11.3 Å². The van der Waals surface area contributed by atoms with Crippen molar-refractivity contribution >= 4 is 39.1 Å². The summed E-state index contributed by atoms with van der Waals surface area (Å²) in [6.45, 7) is 0. The van der Waals surface area contributed by atoms with Crippen LogP contribution in [-0.2, 0) is 14.3 Å². The summed E-state index contributed by atoms with van der Waals surface area (Å²) in [6.07, 6.45) is 0.111. The molecule has 0 saturated heterocycles. The highest BCUT2D eigenvalue weighted by molar-refractivity contribution is 7.20. The minimum Gasteiger partial charge on any atom is -0.469 e. The molecule has 2 aromatic carbocycles. The highest BCUT2D eigenvalue weighted by Gasteiger charge is 2.09. The van der Waals surface area contributed by atoms with Crippen molar-refractivity contribution in [2.24, 2.45) is 0 Å². The maximum absolute atomic E-state index is 11.8. The van der Waals surface area contributed by atoms with Crippen molar-refractivity contribution < 1.29 is 19.1 Å². The third-order valence-corrected chi connectivity index (χ3v) is 4.30. The molecule has 0 unspecified atom stereocenters. The van der Waals surface area contributed by atoms with E-state index in [0.29, 0.717) is 16.6 Å². The van der Waals surface area contributed by atoms with Gasteiger partial charge in [-0.2, -0.15) is 0 Å². The number of ether oxygens (including phenoxy) is 2. The second kappa shape index (κ2) is 7.76. The Morgan fingerprint density at radius 2 is 1.96 bits per heavy atom. The van der Waals surface area contributed by atoms with Crippen LogP contribution in [0.5, 0.6) is 10.9 Å². The minimum absolute atomic E-state index is 0.0459. The molecule has 25 heavy (non-hydrogen) atoms. The van der Waals surface area contributed by atoms with E-state index in [9.17, 15) is 9.59 Å². The molecule has 6 nitrogen and oxygen atoms in total. The number of aromatic nitrogens is 1. The van der Waals surface area contributed by atoms with Gasteiger partial charge in [0.1, 0.15) is 5.75 Å². The lowest BCUT2D eigenvalue weighted by Crippen LogP contribution is -2.13. The first-order valence-electron chi connectivity index (χ1n) is 7.64. The number of rotatable bonds is 6. The Balaban J connectivity index is 1.64. The smallest absolute Gasteiger partial charge is 0.306 e. The van der Waals surface area contributed by atoms with E-state index >= 15 is 0 Å². The average Bonchev–Trinajstić information content (AvgIpc) is 3.02. The molecule has 128 valence electrons. The summed E-state index contributed by atoms with van der Waals surface area (Å²) < 4.78 is 11.3. The number of benzene rings is 2. The van der Waals surface area contributed by atoms with E-state index in [-0.39, 0.29) is 18.7 Å². The molecular formula is C18H16N2O4S. The average molecular weight is 356 g/mol. The SMILES string of the molecule is COC(=O)CCC(=O)Nc1cccc(Oc2nc3ccccc3s2)c1. The molecule has 1 amide bonds. The van der Waals surface area contributed by atoms with Crippen molar-refractivity contribution in [3.05, 3.63) is 48.5 Å². The first-order valence-corrected chi connectivity index (χ1v) is 8.46. The van der Waals surface area contributed by atoms with Crippen LogP contribution in [0, 0.1) is 0 Å². The number of fused-ring (bicyclic) bond motifs is 1. The van der Waals surface area contributed by atoms with Gasteiger partial charge in [-0.25, -0.2) is 4.98 Å². The number of nitrogens with one attached hydrogen (secondary N) is 1. The summed E-state index contributed by atoms with van der Waals surface area (Å²) in [4.78, 5) is 27.3. The van der Waals surface area contributed by atoms with E-state index in [0.717, 1.165) is 10.2 Å². The Labute approximate surface area is 148 Å². The van der Waals surface area contributed by atoms with E-state index in [2.05, 4.69) is 15.0 Å². The highest BCUT2D eigenvalue weighted by atomic mass is 32.1. The Morgan fingerprint density at radius 3 is 2.76 bits per heavy atom. The standard InChI is InChI=1S/C18H16N2O4S/c1-23-17(22)10-9-16(21)19-12-5-4-6-13(11-12)24-18-20-14-7-2-3-8-15(14)25-18/h2-8,11H,9-10H2,1H3,(H,19,21). The highest BCUT2D eigenvalue weighted by Crippen LogP contribution is 2.31. The summed E-state index contributed by atoms with van der Waals surface area (Å²) in [6, 6.07) is 14.8. The van der Waals surface area contributed by atoms with Crippen molar-refractivity contribution in [1.29, 1.82) is 0 Å². The van der Waals surface area contributed by atoms with Crippen molar-refractivity contribution in [2.45, 2.75) is 12.8 Å². The molecule has 0 saturated carbocycles. The fourth-order valence-corrected chi connectivity index (χ4v) is 3.01. The van der Waals surface area contributed by atoms with Gasteiger partial charge in [-0.15, -0.1) is 0 Å². The second-order valence-corrected chi connectivity index (χ2v) is 6.19. The van der Waals surface area contributed by atoms with Crippen LogP contribution in [0.4, 0.5) is 5.69 Å². The van der Waals surface area contributed by atoms with Gasteiger partial charge in [0.05, 0.1) is 23.7 Å². The number of hydrogen-bond donors (Lipinski definition) is 1. The van der Waals surface area contributed by atoms with Crippen molar-refractivity contribution in [2.75, 3.05) is 12.4 Å². The van der Waals surface area contributed by atoms with Crippen LogP contribution in [0.15, 0.2) is 48.5 Å². The molecule has 3 rings (SSSR count). The van der Waals surface area contributed by atoms with Gasteiger partial charge in [0, 0.05) is 18.2 Å². The number of esters is 1. The van der Waals surface area contributed by atoms with E-state index in [1.165, 1.54) is 18.4 Å². The molecule has 3 aromatic rings. The number of carbonyl (C=O) groups is 2. The first-order chi connectivity index (χ1) is 12.1. The molecule has 0 aliphatic rings. The predicted octanol–water partition coefficient (Wildman–Crippen LogP) is 3.98. The monoisotopic (exact) mass is 356 g/mol. The Morgan fingerprint density at radius 1 is 1.12 bits per heavy atom. The summed E-state index contributed by atoms with van der Waals surface area (Å²) in [5.74, 6) is -0.101. The molecule has 1 N–H and O–H groups in total. The van der Waals surface area contributed by atoms with Crippen LogP contribution in [0.2, 0.25) is 0 Å². The van der Waals surface area contributed by atoms with E-state index in [4.69, 9.17) is 4.74 Å². The molecule has 1 aromatic heterocycles. The van der Waals surface area contributed by atoms with Gasteiger partial charge in [-0.3, -0.25) is 9.59 Å². The van der Waals surface area contributed by atoms with Crippen LogP contribution in [0.1, 0.15) is 12.8 Å². The Kier molecular flexibility index (Phi) is 5.25. The van der Waals surface area contributed by atoms with Gasteiger partial charge in [-0.05, 0) is 24.3 Å². The molecule has 0 radical (unpaired) electrons. The maximum atomic E-state index is 11.8. The molecule has 7 heteroatoms. The maximum Gasteiger partial charge on any atom is 0.306 e. The summed E-state index contributed by atoms with van der Waals surface area (Å²) in [5, 5.41) is 3.27. The number of carbonyl (C=O) groups excluding carboxylic acids is 2. The minimum atomic E-state index is -0.414. The summed E-state index contributed by atoms with van der Waals surface area (Å²) in [7, 11) is 1.29. The van der Waals surface area contributed by atoms with Gasteiger partial charge in [0.2, 0.25) is 5.91 Å². The lowest BCUT2D eigenvalue weighted by Gasteiger charge is -2.07. The predicted molar refractivity (Wildman–Crippen MR) is 96.0 cm³/mol. The zero-order valence-electron chi connectivity index (χ0n) is 13.5. The van der Waals surface area contributed by atoms with Gasteiger partial charge in [0.15, 0.2) is 0 Å². The van der Waals surface area contributed by atoms with Crippen molar-refractivity contribution in [3.63, 3.8) is 0 Å². The lowest BCUT2D eigenvalue weighted by molar-refractivity contribution is -0.141. The largest absolute Gasteiger partial charge is 0.469 e. The van der Waals surface area contributed by atoms with E-state index in [1.54, 1.807) is 24.3 Å². The number of anilines is 1. The third-order valence-electron chi connectivity index (χ3n) is 3.38. The summed E-state index contributed by atoms with van der Waals surface area (Å²) in [5.41, 5.74) is 1.48. The first kappa shape index (κ1) is 16.9. The second-order valence-electron chi connectivity index (χ2n) is 5.20. The molecule has 0 aliphatic carbocycles. The third kappa shape index (κ3) is 4.54. The molecule has 0 bridgehead atoms. The van der Waals surface area contributed by atoms with Crippen LogP contribution in [0.3, 0.4) is 0 Å². The van der Waals surface area contributed by atoms with E-state index in [1.807, 2.05) is 24.3 Å². The van der Waals surface area contributed by atoms with E-state index < -0.39 is 5.97 Å². The normalized spacial score (nSPS) is 10.4. The van der Waals surface area contributed by atoms with Gasteiger partial charge in [-0.1, -0.05) is 29.5 Å². The molecule has 0 atom stereocenters. The molecule has 0 aliphatic heterocycles. The molecule has 1 heterocycles. The Hall–Kier alpha value is -2.93. The quantitative estimate of drug-likeness (QED) is 0.676. The number of hydrogen-bond acceptors (Lipinski definition) is 6. The fraction of sp³-hybridized carbons (Fsp3) is 0.167. The number of para-hydroxylation sites is 1. The van der Waals surface area contributed by atoms with Crippen LogP contribution in [-0.4, -0.2) is 24.0 Å². The molecule has 0 spiro atoms. The van der Waals surface area contributed by atoms with Gasteiger partial charge in [0.25, 0.3) is 5.19 Å². The lowest BCUT2D eigenvalue weighted by atomic mass is 10.2. The van der Waals surface area contributed by atoms with Crippen LogP contribution < -0.4 is 10.1 Å². The van der Waals surface area contributed by atoms with Crippen LogP contribution in [0.25, 0.3) is 10.2 Å².